The summed E-state index contributed by atoms with van der Waals surface area (Å²) in [5, 5.41) is 0. The van der Waals surface area contributed by atoms with Crippen molar-refractivity contribution in [3.8, 4) is 17.2 Å². The standard InChI is InChI=1S/C24H23F3N2O4/c1-31-23(30)21-6-3-11-29(21)13-16-4-2-5-20(12-16)32-14-19-15-33-22(28-19)17-7-9-18(10-8-17)24(25,26)27/h2,4-5,7-10,12,15,21H,3,6,11,13-14H2,1H3. The molecule has 4 rings (SSSR count). The minimum atomic E-state index is -4.39. The van der Waals surface area contributed by atoms with Crippen LogP contribution in [0.15, 0.2) is 59.2 Å². The number of rotatable bonds is 7. The van der Waals surface area contributed by atoms with Gasteiger partial charge in [-0.15, -0.1) is 0 Å². The van der Waals surface area contributed by atoms with Gasteiger partial charge < -0.3 is 13.9 Å². The minimum Gasteiger partial charge on any atom is -0.487 e. The molecule has 1 aliphatic rings. The number of carbonyl (C=O) groups excluding carboxylic acids is 1. The second-order valence-corrected chi connectivity index (χ2v) is 7.81. The van der Waals surface area contributed by atoms with E-state index in [1.54, 1.807) is 0 Å². The fourth-order valence-corrected chi connectivity index (χ4v) is 3.85. The number of benzene rings is 2. The van der Waals surface area contributed by atoms with Crippen molar-refractivity contribution in [1.82, 2.24) is 9.88 Å². The molecule has 9 heteroatoms. The summed E-state index contributed by atoms with van der Waals surface area (Å²) in [6.07, 6.45) is -1.24. The van der Waals surface area contributed by atoms with Crippen molar-refractivity contribution in [3.05, 3.63) is 71.6 Å². The summed E-state index contributed by atoms with van der Waals surface area (Å²) >= 11 is 0. The van der Waals surface area contributed by atoms with Crippen molar-refractivity contribution in [2.24, 2.45) is 0 Å². The van der Waals surface area contributed by atoms with Crippen molar-refractivity contribution < 1.29 is 31.9 Å². The first-order valence-corrected chi connectivity index (χ1v) is 10.5. The summed E-state index contributed by atoms with van der Waals surface area (Å²) in [7, 11) is 1.40. The first kappa shape index (κ1) is 22.8. The molecule has 174 valence electrons. The quantitative estimate of drug-likeness (QED) is 0.459. The first-order chi connectivity index (χ1) is 15.8. The van der Waals surface area contributed by atoms with Crippen LogP contribution < -0.4 is 4.74 Å². The molecule has 1 saturated heterocycles. The van der Waals surface area contributed by atoms with Crippen molar-refractivity contribution in [1.29, 1.82) is 0 Å². The van der Waals surface area contributed by atoms with Crippen LogP contribution in [-0.2, 0) is 28.9 Å². The van der Waals surface area contributed by atoms with Crippen molar-refractivity contribution in [2.75, 3.05) is 13.7 Å². The van der Waals surface area contributed by atoms with Crippen molar-refractivity contribution >= 4 is 5.97 Å². The Bertz CT molecular complexity index is 1100. The van der Waals surface area contributed by atoms with E-state index in [1.165, 1.54) is 25.5 Å². The molecular weight excluding hydrogens is 437 g/mol. The van der Waals surface area contributed by atoms with Crippen LogP contribution in [0.3, 0.4) is 0 Å². The number of hydrogen-bond acceptors (Lipinski definition) is 6. The van der Waals surface area contributed by atoms with Crippen LogP contribution in [0.1, 0.15) is 29.7 Å². The number of carbonyl (C=O) groups is 1. The van der Waals surface area contributed by atoms with Crippen molar-refractivity contribution in [3.63, 3.8) is 0 Å². The van der Waals surface area contributed by atoms with Gasteiger partial charge in [0.15, 0.2) is 0 Å². The lowest BCUT2D eigenvalue weighted by atomic mass is 10.1. The number of halogens is 3. The van der Waals surface area contributed by atoms with Gasteiger partial charge in [0.1, 0.15) is 30.4 Å². The van der Waals surface area contributed by atoms with Gasteiger partial charge in [-0.25, -0.2) is 4.98 Å². The number of ether oxygens (including phenoxy) is 2. The number of aromatic nitrogens is 1. The Balaban J connectivity index is 1.36. The summed E-state index contributed by atoms with van der Waals surface area (Å²) in [6.45, 7) is 1.58. The Labute approximate surface area is 188 Å². The average molecular weight is 460 g/mol. The zero-order valence-electron chi connectivity index (χ0n) is 18.0. The highest BCUT2D eigenvalue weighted by molar-refractivity contribution is 5.76. The van der Waals surface area contributed by atoms with Crippen LogP contribution >= 0.6 is 0 Å². The van der Waals surface area contributed by atoms with Crippen LogP contribution in [0.5, 0.6) is 5.75 Å². The Morgan fingerprint density at radius 3 is 2.73 bits per heavy atom. The monoisotopic (exact) mass is 460 g/mol. The number of oxazole rings is 1. The Kier molecular flexibility index (Phi) is 6.69. The molecule has 2 aromatic carbocycles. The predicted molar refractivity (Wildman–Crippen MR) is 113 cm³/mol. The summed E-state index contributed by atoms with van der Waals surface area (Å²) in [6, 6.07) is 12.0. The molecule has 3 aromatic rings. The third-order valence-electron chi connectivity index (χ3n) is 5.52. The van der Waals surface area contributed by atoms with E-state index in [2.05, 4.69) is 9.88 Å². The number of nitrogens with zero attached hydrogens (tertiary/aromatic N) is 2. The van der Waals surface area contributed by atoms with E-state index in [0.29, 0.717) is 23.6 Å². The Hall–Kier alpha value is -3.33. The van der Waals surface area contributed by atoms with E-state index in [0.717, 1.165) is 37.1 Å². The SMILES string of the molecule is COC(=O)C1CCCN1Cc1cccc(OCc2coc(-c3ccc(C(F)(F)F)cc3)n2)c1. The summed E-state index contributed by atoms with van der Waals surface area (Å²) < 4.78 is 54.3. The van der Waals surface area contributed by atoms with E-state index >= 15 is 0 Å². The van der Waals surface area contributed by atoms with Crippen LogP contribution in [0.2, 0.25) is 0 Å². The molecule has 1 fully saturated rings. The molecule has 0 aliphatic carbocycles. The molecule has 33 heavy (non-hydrogen) atoms. The summed E-state index contributed by atoms with van der Waals surface area (Å²) in [5.74, 6) is 0.647. The smallest absolute Gasteiger partial charge is 0.416 e. The predicted octanol–water partition coefficient (Wildman–Crippen LogP) is 5.08. The molecule has 0 spiro atoms. The second-order valence-electron chi connectivity index (χ2n) is 7.81. The molecule has 0 N–H and O–H groups in total. The zero-order chi connectivity index (χ0) is 23.4. The van der Waals surface area contributed by atoms with Gasteiger partial charge in [0.2, 0.25) is 5.89 Å². The van der Waals surface area contributed by atoms with E-state index in [4.69, 9.17) is 13.9 Å². The molecule has 6 nitrogen and oxygen atoms in total. The first-order valence-electron chi connectivity index (χ1n) is 10.5. The van der Waals surface area contributed by atoms with Gasteiger partial charge in [0.25, 0.3) is 0 Å². The van der Waals surface area contributed by atoms with E-state index < -0.39 is 11.7 Å². The highest BCUT2D eigenvalue weighted by Gasteiger charge is 2.31. The molecule has 1 aliphatic heterocycles. The van der Waals surface area contributed by atoms with Gasteiger partial charge in [0, 0.05) is 12.1 Å². The zero-order valence-corrected chi connectivity index (χ0v) is 18.0. The Morgan fingerprint density at radius 2 is 2.00 bits per heavy atom. The molecule has 1 aromatic heterocycles. The molecule has 1 unspecified atom stereocenters. The Morgan fingerprint density at radius 1 is 1.21 bits per heavy atom. The maximum atomic E-state index is 12.7. The highest BCUT2D eigenvalue weighted by Crippen LogP contribution is 2.31. The summed E-state index contributed by atoms with van der Waals surface area (Å²) in [5.41, 5.74) is 1.24. The number of methoxy groups -OCH3 is 1. The van der Waals surface area contributed by atoms with Gasteiger partial charge in [-0.3, -0.25) is 9.69 Å². The molecule has 0 radical (unpaired) electrons. The number of hydrogen-bond donors (Lipinski definition) is 0. The van der Waals surface area contributed by atoms with Crippen LogP contribution in [0.4, 0.5) is 13.2 Å². The van der Waals surface area contributed by atoms with Crippen LogP contribution in [-0.4, -0.2) is 35.5 Å². The van der Waals surface area contributed by atoms with Crippen LogP contribution in [0, 0.1) is 0 Å². The fraction of sp³-hybridized carbons (Fsp3) is 0.333. The van der Waals surface area contributed by atoms with Crippen molar-refractivity contribution in [2.45, 2.75) is 38.2 Å². The van der Waals surface area contributed by atoms with Gasteiger partial charge in [0.05, 0.1) is 12.7 Å². The maximum Gasteiger partial charge on any atom is 0.416 e. The fourth-order valence-electron chi connectivity index (χ4n) is 3.85. The maximum absolute atomic E-state index is 12.7. The molecule has 1 atom stereocenters. The average Bonchev–Trinajstić information content (AvgIpc) is 3.47. The van der Waals surface area contributed by atoms with E-state index in [9.17, 15) is 18.0 Å². The molecule has 0 saturated carbocycles. The third-order valence-corrected chi connectivity index (χ3v) is 5.52. The van der Waals surface area contributed by atoms with Gasteiger partial charge in [-0.1, -0.05) is 12.1 Å². The minimum absolute atomic E-state index is 0.141. The summed E-state index contributed by atoms with van der Waals surface area (Å²) in [4.78, 5) is 18.3. The van der Waals surface area contributed by atoms with E-state index in [-0.39, 0.29) is 24.5 Å². The number of likely N-dealkylation sites (tertiary alicyclic amines) is 1. The van der Waals surface area contributed by atoms with Gasteiger partial charge in [-0.05, 0) is 61.3 Å². The highest BCUT2D eigenvalue weighted by atomic mass is 19.4. The van der Waals surface area contributed by atoms with Crippen LogP contribution in [0.25, 0.3) is 11.5 Å². The lowest BCUT2D eigenvalue weighted by Gasteiger charge is -2.22. The second kappa shape index (κ2) is 9.66. The lowest BCUT2D eigenvalue weighted by Crippen LogP contribution is -2.36. The number of alkyl halides is 3. The van der Waals surface area contributed by atoms with Gasteiger partial charge >= 0.3 is 12.1 Å². The largest absolute Gasteiger partial charge is 0.487 e. The normalized spacial score (nSPS) is 16.7. The molecular formula is C24H23F3N2O4. The number of esters is 1. The lowest BCUT2D eigenvalue weighted by molar-refractivity contribution is -0.146. The molecule has 0 amide bonds. The topological polar surface area (TPSA) is 64.8 Å². The third kappa shape index (κ3) is 5.54. The van der Waals surface area contributed by atoms with E-state index in [1.807, 2.05) is 24.3 Å². The molecule has 0 bridgehead atoms. The molecule has 2 heterocycles. The van der Waals surface area contributed by atoms with Gasteiger partial charge in [-0.2, -0.15) is 13.2 Å².